The van der Waals surface area contributed by atoms with Gasteiger partial charge in [0.25, 0.3) is 0 Å². The third kappa shape index (κ3) is 4.65. The number of aromatic nitrogens is 2. The van der Waals surface area contributed by atoms with Crippen molar-refractivity contribution in [2.45, 2.75) is 11.9 Å². The van der Waals surface area contributed by atoms with Crippen molar-refractivity contribution in [3.8, 4) is 22.8 Å². The number of aryl methyl sites for hydroxylation is 1. The summed E-state index contributed by atoms with van der Waals surface area (Å²) in [5.41, 5.74) is 3.46. The summed E-state index contributed by atoms with van der Waals surface area (Å²) in [4.78, 5) is 12.3. The summed E-state index contributed by atoms with van der Waals surface area (Å²) in [5, 5.41) is 9.19. The van der Waals surface area contributed by atoms with E-state index >= 15 is 0 Å². The van der Waals surface area contributed by atoms with Crippen LogP contribution >= 0.6 is 11.8 Å². The van der Waals surface area contributed by atoms with Gasteiger partial charge >= 0.3 is 0 Å². The molecule has 6 heteroatoms. The Kier molecular flexibility index (Phi) is 6.08. The molecule has 0 saturated carbocycles. The maximum absolute atomic E-state index is 12.3. The molecule has 0 radical (unpaired) electrons. The molecule has 3 rings (SSSR count). The van der Waals surface area contributed by atoms with Gasteiger partial charge in [0.05, 0.1) is 25.7 Å². The van der Waals surface area contributed by atoms with Crippen LogP contribution in [-0.4, -0.2) is 36.0 Å². The lowest BCUT2D eigenvalue weighted by Gasteiger charge is -2.09. The first kappa shape index (κ1) is 18.9. The van der Waals surface area contributed by atoms with E-state index in [4.69, 9.17) is 9.47 Å². The van der Waals surface area contributed by atoms with Crippen molar-refractivity contribution in [2.75, 3.05) is 20.0 Å². The molecule has 5 nitrogen and oxygen atoms in total. The molecule has 0 saturated heterocycles. The summed E-state index contributed by atoms with van der Waals surface area (Å²) in [6.45, 7) is 2.00. The molecular weight excluding hydrogens is 360 g/mol. The normalized spacial score (nSPS) is 10.5. The van der Waals surface area contributed by atoms with Gasteiger partial charge < -0.3 is 9.47 Å². The number of benzene rings is 2. The highest BCUT2D eigenvalue weighted by Gasteiger charge is 2.10. The van der Waals surface area contributed by atoms with Crippen LogP contribution in [0.4, 0.5) is 0 Å². The number of carbonyl (C=O) groups is 1. The molecule has 138 valence electrons. The molecule has 0 N–H and O–H groups in total. The molecule has 0 aliphatic carbocycles. The van der Waals surface area contributed by atoms with Crippen LogP contribution in [0.15, 0.2) is 59.6 Å². The van der Waals surface area contributed by atoms with E-state index < -0.39 is 0 Å². The molecular formula is C21H20N2O3S. The van der Waals surface area contributed by atoms with E-state index in [1.54, 1.807) is 14.2 Å². The molecule has 0 amide bonds. The highest BCUT2D eigenvalue weighted by molar-refractivity contribution is 7.99. The molecule has 0 bridgehead atoms. The lowest BCUT2D eigenvalue weighted by molar-refractivity contribution is 0.102. The summed E-state index contributed by atoms with van der Waals surface area (Å²) >= 11 is 1.38. The van der Waals surface area contributed by atoms with Crippen molar-refractivity contribution in [3.63, 3.8) is 0 Å². The Morgan fingerprint density at radius 2 is 1.67 bits per heavy atom. The Morgan fingerprint density at radius 1 is 0.926 bits per heavy atom. The average Bonchev–Trinajstić information content (AvgIpc) is 2.72. The van der Waals surface area contributed by atoms with Gasteiger partial charge in [0.1, 0.15) is 5.03 Å². The third-order valence-corrected chi connectivity index (χ3v) is 4.96. The van der Waals surface area contributed by atoms with Crippen LogP contribution in [0, 0.1) is 6.92 Å². The van der Waals surface area contributed by atoms with Crippen LogP contribution in [0.3, 0.4) is 0 Å². The number of Topliss-reactive ketones (excluding diaryl/α,β-unsaturated/α-hetero) is 1. The summed E-state index contributed by atoms with van der Waals surface area (Å²) in [6.07, 6.45) is 0. The Hall–Kier alpha value is -2.86. The first-order valence-corrected chi connectivity index (χ1v) is 9.38. The fourth-order valence-corrected chi connectivity index (χ4v) is 3.22. The average molecular weight is 380 g/mol. The minimum Gasteiger partial charge on any atom is -0.493 e. The second-order valence-electron chi connectivity index (χ2n) is 5.90. The zero-order chi connectivity index (χ0) is 19.2. The van der Waals surface area contributed by atoms with Crippen LogP contribution in [0.1, 0.15) is 15.9 Å². The van der Waals surface area contributed by atoms with Crippen LogP contribution < -0.4 is 9.47 Å². The van der Waals surface area contributed by atoms with Gasteiger partial charge in [-0.1, -0.05) is 41.6 Å². The van der Waals surface area contributed by atoms with Gasteiger partial charge in [0, 0.05) is 11.1 Å². The van der Waals surface area contributed by atoms with E-state index in [0.29, 0.717) is 27.8 Å². The SMILES string of the molecule is COc1ccc(-c2ccc(SCC(=O)c3ccc(C)cc3)nn2)cc1OC. The maximum Gasteiger partial charge on any atom is 0.173 e. The number of hydrogen-bond acceptors (Lipinski definition) is 6. The maximum atomic E-state index is 12.3. The minimum atomic E-state index is 0.0748. The summed E-state index contributed by atoms with van der Waals surface area (Å²) in [5.74, 6) is 1.70. The Labute approximate surface area is 162 Å². The highest BCUT2D eigenvalue weighted by Crippen LogP contribution is 2.31. The number of hydrogen-bond donors (Lipinski definition) is 0. The van der Waals surface area contributed by atoms with Gasteiger partial charge in [0.2, 0.25) is 0 Å². The van der Waals surface area contributed by atoms with E-state index in [1.165, 1.54) is 11.8 Å². The molecule has 27 heavy (non-hydrogen) atoms. The standard InChI is InChI=1S/C21H20N2O3S/c1-14-4-6-15(7-5-14)18(24)13-27-21-11-9-17(22-23-21)16-8-10-19(25-2)20(12-16)26-3/h4-12H,13H2,1-3H3. The van der Waals surface area contributed by atoms with Crippen LogP contribution in [-0.2, 0) is 0 Å². The zero-order valence-electron chi connectivity index (χ0n) is 15.4. The smallest absolute Gasteiger partial charge is 0.173 e. The van der Waals surface area contributed by atoms with Crippen molar-refractivity contribution in [1.29, 1.82) is 0 Å². The van der Waals surface area contributed by atoms with Crippen molar-refractivity contribution in [3.05, 3.63) is 65.7 Å². The second-order valence-corrected chi connectivity index (χ2v) is 6.90. The lowest BCUT2D eigenvalue weighted by atomic mass is 10.1. The van der Waals surface area contributed by atoms with Gasteiger partial charge in [-0.3, -0.25) is 4.79 Å². The first-order chi connectivity index (χ1) is 13.1. The fraction of sp³-hybridized carbons (Fsp3) is 0.190. The number of rotatable bonds is 7. The highest BCUT2D eigenvalue weighted by atomic mass is 32.2. The van der Waals surface area contributed by atoms with Gasteiger partial charge in [-0.15, -0.1) is 10.2 Å². The van der Waals surface area contributed by atoms with E-state index in [9.17, 15) is 4.79 Å². The topological polar surface area (TPSA) is 61.3 Å². The Morgan fingerprint density at radius 3 is 2.30 bits per heavy atom. The number of ether oxygens (including phenoxy) is 2. The van der Waals surface area contributed by atoms with Crippen LogP contribution in [0.25, 0.3) is 11.3 Å². The number of nitrogens with zero attached hydrogens (tertiary/aromatic N) is 2. The first-order valence-electron chi connectivity index (χ1n) is 8.39. The predicted molar refractivity (Wildman–Crippen MR) is 107 cm³/mol. The molecule has 3 aromatic rings. The van der Waals surface area contributed by atoms with Crippen molar-refractivity contribution >= 4 is 17.5 Å². The molecule has 1 heterocycles. The predicted octanol–water partition coefficient (Wildman–Crippen LogP) is 4.44. The molecule has 0 aliphatic heterocycles. The largest absolute Gasteiger partial charge is 0.493 e. The van der Waals surface area contributed by atoms with Crippen molar-refractivity contribution in [1.82, 2.24) is 10.2 Å². The number of thioether (sulfide) groups is 1. The number of carbonyl (C=O) groups excluding carboxylic acids is 1. The van der Waals surface area contributed by atoms with E-state index in [1.807, 2.05) is 61.5 Å². The molecule has 0 fully saturated rings. The molecule has 0 spiro atoms. The van der Waals surface area contributed by atoms with Crippen molar-refractivity contribution in [2.24, 2.45) is 0 Å². The van der Waals surface area contributed by atoms with E-state index in [2.05, 4.69) is 10.2 Å². The van der Waals surface area contributed by atoms with Gasteiger partial charge in [-0.05, 0) is 37.3 Å². The lowest BCUT2D eigenvalue weighted by Crippen LogP contribution is -2.02. The molecule has 0 aliphatic rings. The minimum absolute atomic E-state index is 0.0748. The Balaban J connectivity index is 1.67. The molecule has 0 atom stereocenters. The van der Waals surface area contributed by atoms with E-state index in [-0.39, 0.29) is 5.78 Å². The fourth-order valence-electron chi connectivity index (χ4n) is 2.51. The number of ketones is 1. The van der Waals surface area contributed by atoms with Crippen molar-refractivity contribution < 1.29 is 14.3 Å². The monoisotopic (exact) mass is 380 g/mol. The second kappa shape index (κ2) is 8.68. The van der Waals surface area contributed by atoms with Gasteiger partial charge in [-0.25, -0.2) is 0 Å². The van der Waals surface area contributed by atoms with E-state index in [0.717, 1.165) is 16.8 Å². The van der Waals surface area contributed by atoms with Gasteiger partial charge in [0.15, 0.2) is 17.3 Å². The zero-order valence-corrected chi connectivity index (χ0v) is 16.2. The number of methoxy groups -OCH3 is 2. The molecule has 1 aromatic heterocycles. The summed E-state index contributed by atoms with van der Waals surface area (Å²) in [7, 11) is 3.19. The van der Waals surface area contributed by atoms with Gasteiger partial charge in [-0.2, -0.15) is 0 Å². The quantitative estimate of drug-likeness (QED) is 0.446. The molecule has 2 aromatic carbocycles. The summed E-state index contributed by atoms with van der Waals surface area (Å²) < 4.78 is 10.6. The summed E-state index contributed by atoms with van der Waals surface area (Å²) in [6, 6.07) is 16.9. The molecule has 0 unspecified atom stereocenters. The van der Waals surface area contributed by atoms with Crippen LogP contribution in [0.5, 0.6) is 11.5 Å². The Bertz CT molecular complexity index is 925. The third-order valence-electron chi connectivity index (χ3n) is 4.04. The van der Waals surface area contributed by atoms with Crippen LogP contribution in [0.2, 0.25) is 0 Å².